The van der Waals surface area contributed by atoms with Crippen LogP contribution in [0.15, 0.2) is 16.5 Å². The third-order valence-electron chi connectivity index (χ3n) is 2.06. The van der Waals surface area contributed by atoms with Gasteiger partial charge in [-0.25, -0.2) is 4.98 Å². The topological polar surface area (TPSA) is 34.9 Å². The molecule has 2 aromatic rings. The van der Waals surface area contributed by atoms with Gasteiger partial charge in [0, 0.05) is 12.3 Å². The Bertz CT molecular complexity index is 515. The second-order valence-corrected chi connectivity index (χ2v) is 4.39. The quantitative estimate of drug-likeness (QED) is 0.791. The van der Waals surface area contributed by atoms with Crippen LogP contribution in [0.4, 0.5) is 0 Å². The highest BCUT2D eigenvalue weighted by Crippen LogP contribution is 2.19. The van der Waals surface area contributed by atoms with E-state index < -0.39 is 0 Å². The number of hydrogen-bond acceptors (Lipinski definition) is 4. The second-order valence-electron chi connectivity index (χ2n) is 3.06. The van der Waals surface area contributed by atoms with Crippen LogP contribution in [0.25, 0.3) is 10.2 Å². The summed E-state index contributed by atoms with van der Waals surface area (Å²) in [6, 6.07) is 0. The normalized spacial score (nSPS) is 11.0. The molecule has 2 aromatic heterocycles. The lowest BCUT2D eigenvalue weighted by Crippen LogP contribution is -2.20. The predicted molar refractivity (Wildman–Crippen MR) is 62.5 cm³/mol. The molecule has 0 aromatic carbocycles. The molecule has 0 radical (unpaired) electrons. The number of fused-ring (bicyclic) bond motifs is 1. The first-order valence-electron chi connectivity index (χ1n) is 4.28. The monoisotopic (exact) mass is 226 g/mol. The summed E-state index contributed by atoms with van der Waals surface area (Å²) in [7, 11) is 0. The molecule has 0 bridgehead atoms. The number of aromatic nitrogens is 2. The van der Waals surface area contributed by atoms with Crippen molar-refractivity contribution in [2.75, 3.05) is 5.75 Å². The Morgan fingerprint density at radius 3 is 3.14 bits per heavy atom. The number of aryl methyl sites for hydroxylation is 2. The molecule has 2 rings (SSSR count). The van der Waals surface area contributed by atoms with Gasteiger partial charge in [-0.05, 0) is 17.9 Å². The van der Waals surface area contributed by atoms with Gasteiger partial charge in [0.05, 0.1) is 11.8 Å². The van der Waals surface area contributed by atoms with E-state index in [2.05, 4.69) is 17.6 Å². The van der Waals surface area contributed by atoms with E-state index in [4.69, 9.17) is 0 Å². The smallest absolute Gasteiger partial charge is 0.271 e. The number of rotatable bonds is 2. The van der Waals surface area contributed by atoms with Gasteiger partial charge in [0.2, 0.25) is 0 Å². The predicted octanol–water partition coefficient (Wildman–Crippen LogP) is 1.70. The van der Waals surface area contributed by atoms with Gasteiger partial charge < -0.3 is 0 Å². The maximum atomic E-state index is 11.8. The van der Waals surface area contributed by atoms with Crippen LogP contribution in [0, 0.1) is 6.92 Å². The lowest BCUT2D eigenvalue weighted by molar-refractivity contribution is 0.727. The SMILES string of the molecule is Cc1csc2c(=O)n(CCS)cnc12. The minimum Gasteiger partial charge on any atom is -0.297 e. The average molecular weight is 226 g/mol. The molecule has 0 atom stereocenters. The van der Waals surface area contributed by atoms with Gasteiger partial charge in [0.25, 0.3) is 5.56 Å². The number of hydrogen-bond donors (Lipinski definition) is 1. The molecule has 5 heteroatoms. The summed E-state index contributed by atoms with van der Waals surface area (Å²) in [5.74, 6) is 0.650. The number of nitrogens with zero attached hydrogens (tertiary/aromatic N) is 2. The van der Waals surface area contributed by atoms with Crippen molar-refractivity contribution in [1.29, 1.82) is 0 Å². The fourth-order valence-corrected chi connectivity index (χ4v) is 2.49. The van der Waals surface area contributed by atoms with Crippen LogP contribution in [0.2, 0.25) is 0 Å². The van der Waals surface area contributed by atoms with Crippen LogP contribution < -0.4 is 5.56 Å². The molecule has 0 unspecified atom stereocenters. The minimum atomic E-state index is 0.0437. The zero-order valence-electron chi connectivity index (χ0n) is 7.73. The standard InChI is InChI=1S/C9H10N2OS2/c1-6-4-14-8-7(6)10-5-11(2-3-13)9(8)12/h4-5,13H,2-3H2,1H3. The van der Waals surface area contributed by atoms with Crippen molar-refractivity contribution in [3.8, 4) is 0 Å². The largest absolute Gasteiger partial charge is 0.297 e. The summed E-state index contributed by atoms with van der Waals surface area (Å²) < 4.78 is 2.34. The maximum absolute atomic E-state index is 11.8. The fourth-order valence-electron chi connectivity index (χ4n) is 1.33. The van der Waals surface area contributed by atoms with E-state index in [0.717, 1.165) is 15.8 Å². The Labute approximate surface area is 90.8 Å². The van der Waals surface area contributed by atoms with E-state index in [1.165, 1.54) is 11.3 Å². The highest BCUT2D eigenvalue weighted by molar-refractivity contribution is 7.80. The van der Waals surface area contributed by atoms with Gasteiger partial charge in [-0.1, -0.05) is 0 Å². The Hall–Kier alpha value is -0.810. The Kier molecular flexibility index (Phi) is 2.60. The van der Waals surface area contributed by atoms with Crippen LogP contribution in [-0.2, 0) is 6.54 Å². The van der Waals surface area contributed by atoms with Gasteiger partial charge in [0.1, 0.15) is 4.70 Å². The Balaban J connectivity index is 2.70. The first kappa shape index (κ1) is 9.73. The van der Waals surface area contributed by atoms with Crippen LogP contribution in [0.1, 0.15) is 5.56 Å². The van der Waals surface area contributed by atoms with Crippen LogP contribution >= 0.6 is 24.0 Å². The first-order valence-corrected chi connectivity index (χ1v) is 5.79. The lowest BCUT2D eigenvalue weighted by atomic mass is 10.3. The van der Waals surface area contributed by atoms with E-state index in [1.54, 1.807) is 10.9 Å². The van der Waals surface area contributed by atoms with Gasteiger partial charge in [-0.2, -0.15) is 12.6 Å². The van der Waals surface area contributed by atoms with Crippen molar-refractivity contribution in [2.24, 2.45) is 0 Å². The fraction of sp³-hybridized carbons (Fsp3) is 0.333. The highest BCUT2D eigenvalue weighted by Gasteiger charge is 2.07. The molecule has 0 aliphatic carbocycles. The summed E-state index contributed by atoms with van der Waals surface area (Å²) in [6.07, 6.45) is 1.60. The molecule has 74 valence electrons. The van der Waals surface area contributed by atoms with E-state index in [-0.39, 0.29) is 5.56 Å². The molecule has 3 nitrogen and oxygen atoms in total. The van der Waals surface area contributed by atoms with Crippen molar-refractivity contribution in [3.63, 3.8) is 0 Å². The van der Waals surface area contributed by atoms with Gasteiger partial charge in [-0.15, -0.1) is 11.3 Å². The minimum absolute atomic E-state index is 0.0437. The average Bonchev–Trinajstić information content (AvgIpc) is 2.54. The Morgan fingerprint density at radius 1 is 1.64 bits per heavy atom. The molecular formula is C9H10N2OS2. The van der Waals surface area contributed by atoms with Crippen molar-refractivity contribution >= 4 is 34.2 Å². The zero-order valence-corrected chi connectivity index (χ0v) is 9.44. The molecule has 0 aliphatic heterocycles. The number of thiophene rings is 1. The molecular weight excluding hydrogens is 216 g/mol. The third kappa shape index (κ3) is 1.46. The molecule has 0 spiro atoms. The molecule has 14 heavy (non-hydrogen) atoms. The molecule has 0 amide bonds. The summed E-state index contributed by atoms with van der Waals surface area (Å²) >= 11 is 5.55. The van der Waals surface area contributed by atoms with Crippen LogP contribution in [-0.4, -0.2) is 15.3 Å². The molecule has 0 N–H and O–H groups in total. The van der Waals surface area contributed by atoms with Crippen molar-refractivity contribution in [1.82, 2.24) is 9.55 Å². The van der Waals surface area contributed by atoms with E-state index in [1.807, 2.05) is 12.3 Å². The van der Waals surface area contributed by atoms with E-state index in [0.29, 0.717) is 12.3 Å². The summed E-state index contributed by atoms with van der Waals surface area (Å²) in [5, 5.41) is 1.96. The van der Waals surface area contributed by atoms with Crippen molar-refractivity contribution in [2.45, 2.75) is 13.5 Å². The second kappa shape index (κ2) is 3.74. The highest BCUT2D eigenvalue weighted by atomic mass is 32.1. The van der Waals surface area contributed by atoms with Crippen molar-refractivity contribution in [3.05, 3.63) is 27.6 Å². The maximum Gasteiger partial charge on any atom is 0.271 e. The van der Waals surface area contributed by atoms with Crippen LogP contribution in [0.5, 0.6) is 0 Å². The lowest BCUT2D eigenvalue weighted by Gasteiger charge is -2.01. The first-order chi connectivity index (χ1) is 6.74. The van der Waals surface area contributed by atoms with Gasteiger partial charge in [0.15, 0.2) is 0 Å². The molecule has 0 aliphatic rings. The Morgan fingerprint density at radius 2 is 2.43 bits per heavy atom. The molecule has 0 saturated carbocycles. The summed E-state index contributed by atoms with van der Waals surface area (Å²) in [4.78, 5) is 16.1. The van der Waals surface area contributed by atoms with E-state index in [9.17, 15) is 4.79 Å². The summed E-state index contributed by atoms with van der Waals surface area (Å²) in [5.41, 5.74) is 1.94. The molecule has 0 saturated heterocycles. The zero-order chi connectivity index (χ0) is 10.1. The van der Waals surface area contributed by atoms with Gasteiger partial charge >= 0.3 is 0 Å². The summed E-state index contributed by atoms with van der Waals surface area (Å²) in [6.45, 7) is 2.58. The molecule has 2 heterocycles. The third-order valence-corrected chi connectivity index (χ3v) is 3.34. The van der Waals surface area contributed by atoms with Crippen LogP contribution in [0.3, 0.4) is 0 Å². The van der Waals surface area contributed by atoms with E-state index >= 15 is 0 Å². The molecule has 0 fully saturated rings. The van der Waals surface area contributed by atoms with Gasteiger partial charge in [-0.3, -0.25) is 9.36 Å². The number of thiol groups is 1. The van der Waals surface area contributed by atoms with Crippen molar-refractivity contribution < 1.29 is 0 Å².